The molecule has 2 fully saturated rings. The van der Waals surface area contributed by atoms with E-state index in [-0.39, 0.29) is 11.6 Å². The number of rotatable bonds is 3. The van der Waals surface area contributed by atoms with Gasteiger partial charge in [-0.2, -0.15) is 0 Å². The molecule has 2 unspecified atom stereocenters. The van der Waals surface area contributed by atoms with Gasteiger partial charge in [0.2, 0.25) is 0 Å². The average Bonchev–Trinajstić information content (AvgIpc) is 2.91. The molecule has 1 saturated heterocycles. The van der Waals surface area contributed by atoms with Crippen LogP contribution in [0.2, 0.25) is 5.02 Å². The molecule has 1 heterocycles. The molecule has 0 radical (unpaired) electrons. The highest BCUT2D eigenvalue weighted by Crippen LogP contribution is 2.45. The monoisotopic (exact) mass is 372 g/mol. The maximum Gasteiger partial charge on any atom is 0.0686 e. The lowest BCUT2D eigenvalue weighted by Crippen LogP contribution is -2.43. The highest BCUT2D eigenvalue weighted by molar-refractivity contribution is 9.10. The molecule has 2 atom stereocenters. The third kappa shape index (κ3) is 3.30. The SMILES string of the molecule is NNC(c1ccc(Cl)c(Br)c1)C1CCOC2(CCCC2)C1. The topological polar surface area (TPSA) is 47.3 Å². The van der Waals surface area contributed by atoms with Crippen LogP contribution in [0.5, 0.6) is 0 Å². The molecule has 3 rings (SSSR count). The van der Waals surface area contributed by atoms with Crippen molar-refractivity contribution >= 4 is 27.5 Å². The second-order valence-corrected chi connectivity index (χ2v) is 7.57. The highest BCUT2D eigenvalue weighted by atomic mass is 79.9. The zero-order valence-corrected chi connectivity index (χ0v) is 14.4. The molecule has 116 valence electrons. The Hall–Kier alpha value is -0.130. The van der Waals surface area contributed by atoms with Crippen LogP contribution in [0, 0.1) is 5.92 Å². The van der Waals surface area contributed by atoms with E-state index in [4.69, 9.17) is 22.2 Å². The number of halogens is 2. The van der Waals surface area contributed by atoms with Gasteiger partial charge in [0.05, 0.1) is 10.6 Å². The zero-order chi connectivity index (χ0) is 14.9. The molecule has 1 spiro atoms. The number of hydrogen-bond acceptors (Lipinski definition) is 3. The first-order valence-electron chi connectivity index (χ1n) is 7.69. The van der Waals surface area contributed by atoms with Gasteiger partial charge in [-0.3, -0.25) is 11.3 Å². The van der Waals surface area contributed by atoms with E-state index in [1.54, 1.807) is 0 Å². The van der Waals surface area contributed by atoms with Crippen molar-refractivity contribution in [3.05, 3.63) is 33.3 Å². The van der Waals surface area contributed by atoms with Crippen LogP contribution >= 0.6 is 27.5 Å². The molecule has 0 amide bonds. The normalized spacial score (nSPS) is 26.1. The molecular formula is C16H22BrClN2O. The second kappa shape index (κ2) is 6.55. The van der Waals surface area contributed by atoms with Crippen LogP contribution in [0.1, 0.15) is 50.1 Å². The van der Waals surface area contributed by atoms with Crippen molar-refractivity contribution in [3.63, 3.8) is 0 Å². The van der Waals surface area contributed by atoms with E-state index in [1.807, 2.05) is 6.07 Å². The summed E-state index contributed by atoms with van der Waals surface area (Å²) in [5.74, 6) is 6.38. The molecule has 21 heavy (non-hydrogen) atoms. The number of benzene rings is 1. The summed E-state index contributed by atoms with van der Waals surface area (Å²) in [5, 5.41) is 0.730. The number of hydrazine groups is 1. The minimum Gasteiger partial charge on any atom is -0.375 e. The molecule has 1 aromatic carbocycles. The van der Waals surface area contributed by atoms with Crippen molar-refractivity contribution in [2.45, 2.75) is 50.2 Å². The zero-order valence-electron chi connectivity index (χ0n) is 12.1. The maximum atomic E-state index is 6.13. The van der Waals surface area contributed by atoms with Crippen LogP contribution in [0.25, 0.3) is 0 Å². The molecule has 5 heteroatoms. The Morgan fingerprint density at radius 1 is 1.38 bits per heavy atom. The molecule has 1 aliphatic carbocycles. The predicted molar refractivity (Wildman–Crippen MR) is 89.1 cm³/mol. The van der Waals surface area contributed by atoms with Gasteiger partial charge in [0.15, 0.2) is 0 Å². The molecule has 1 saturated carbocycles. The summed E-state index contributed by atoms with van der Waals surface area (Å²) in [6.45, 7) is 0.845. The van der Waals surface area contributed by atoms with Crippen LogP contribution in [-0.2, 0) is 4.74 Å². The minimum absolute atomic E-state index is 0.113. The van der Waals surface area contributed by atoms with E-state index < -0.39 is 0 Å². The first-order chi connectivity index (χ1) is 10.1. The van der Waals surface area contributed by atoms with E-state index in [1.165, 1.54) is 31.2 Å². The Kier molecular flexibility index (Phi) is 4.91. The largest absolute Gasteiger partial charge is 0.375 e. The lowest BCUT2D eigenvalue weighted by atomic mass is 9.79. The van der Waals surface area contributed by atoms with Gasteiger partial charge in [-0.05, 0) is 65.2 Å². The summed E-state index contributed by atoms with van der Waals surface area (Å²) in [4.78, 5) is 0. The Balaban J connectivity index is 1.80. The summed E-state index contributed by atoms with van der Waals surface area (Å²) in [7, 11) is 0. The Morgan fingerprint density at radius 3 is 2.81 bits per heavy atom. The summed E-state index contributed by atoms with van der Waals surface area (Å²) in [5.41, 5.74) is 4.32. The van der Waals surface area contributed by atoms with Crippen LogP contribution in [0.4, 0.5) is 0 Å². The third-order valence-corrected chi connectivity index (χ3v) is 6.21. The summed E-state index contributed by atoms with van der Waals surface area (Å²) in [6.07, 6.45) is 7.13. The van der Waals surface area contributed by atoms with E-state index in [0.29, 0.717) is 5.92 Å². The van der Waals surface area contributed by atoms with Crippen molar-refractivity contribution in [2.24, 2.45) is 11.8 Å². The minimum atomic E-state index is 0.113. The molecule has 0 aromatic heterocycles. The van der Waals surface area contributed by atoms with Crippen molar-refractivity contribution in [1.82, 2.24) is 5.43 Å². The second-order valence-electron chi connectivity index (χ2n) is 6.31. The first-order valence-corrected chi connectivity index (χ1v) is 8.86. The predicted octanol–water partition coefficient (Wildman–Crippen LogP) is 4.35. The van der Waals surface area contributed by atoms with Crippen LogP contribution < -0.4 is 11.3 Å². The van der Waals surface area contributed by atoms with E-state index >= 15 is 0 Å². The quantitative estimate of drug-likeness (QED) is 0.612. The molecule has 1 aromatic rings. The molecular weight excluding hydrogens is 352 g/mol. The number of hydrogen-bond donors (Lipinski definition) is 2. The Morgan fingerprint density at radius 2 is 2.14 bits per heavy atom. The number of ether oxygens (including phenoxy) is 1. The van der Waals surface area contributed by atoms with Gasteiger partial charge >= 0.3 is 0 Å². The fourth-order valence-electron chi connectivity index (χ4n) is 3.93. The first kappa shape index (κ1) is 15.8. The average molecular weight is 374 g/mol. The van der Waals surface area contributed by atoms with Gasteiger partial charge in [0.1, 0.15) is 0 Å². The summed E-state index contributed by atoms with van der Waals surface area (Å²) in [6, 6.07) is 6.22. The van der Waals surface area contributed by atoms with Gasteiger partial charge in [-0.25, -0.2) is 0 Å². The Labute approximate surface area is 139 Å². The molecule has 0 bridgehead atoms. The molecule has 2 aliphatic rings. The number of nitrogens with two attached hydrogens (primary N) is 1. The van der Waals surface area contributed by atoms with Crippen LogP contribution in [0.15, 0.2) is 22.7 Å². The summed E-state index contributed by atoms with van der Waals surface area (Å²) >= 11 is 9.60. The van der Waals surface area contributed by atoms with Gasteiger partial charge in [0, 0.05) is 17.1 Å². The van der Waals surface area contributed by atoms with Crippen LogP contribution in [0.3, 0.4) is 0 Å². The lowest BCUT2D eigenvalue weighted by Gasteiger charge is -2.41. The van der Waals surface area contributed by atoms with Crippen molar-refractivity contribution in [2.75, 3.05) is 6.61 Å². The van der Waals surface area contributed by atoms with Gasteiger partial charge in [-0.15, -0.1) is 0 Å². The van der Waals surface area contributed by atoms with Gasteiger partial charge in [-0.1, -0.05) is 30.5 Å². The van der Waals surface area contributed by atoms with Crippen molar-refractivity contribution < 1.29 is 4.74 Å². The fourth-order valence-corrected chi connectivity index (χ4v) is 4.44. The Bertz CT molecular complexity index is 505. The smallest absolute Gasteiger partial charge is 0.0686 e. The van der Waals surface area contributed by atoms with Gasteiger partial charge in [0.25, 0.3) is 0 Å². The van der Waals surface area contributed by atoms with E-state index in [2.05, 4.69) is 33.5 Å². The van der Waals surface area contributed by atoms with Crippen molar-refractivity contribution in [3.8, 4) is 0 Å². The molecule has 3 nitrogen and oxygen atoms in total. The molecule has 1 aliphatic heterocycles. The summed E-state index contributed by atoms with van der Waals surface area (Å²) < 4.78 is 7.05. The van der Waals surface area contributed by atoms with E-state index in [0.717, 1.165) is 28.9 Å². The lowest BCUT2D eigenvalue weighted by molar-refractivity contribution is -0.0982. The maximum absolute atomic E-state index is 6.13. The third-order valence-electron chi connectivity index (χ3n) is 5.00. The standard InChI is InChI=1S/C16H22BrClN2O/c17-13-9-11(3-4-14(13)18)15(20-19)12-5-8-21-16(10-12)6-1-2-7-16/h3-4,9,12,15,20H,1-2,5-8,10,19H2. The van der Waals surface area contributed by atoms with Crippen LogP contribution in [-0.4, -0.2) is 12.2 Å². The number of nitrogens with one attached hydrogen (secondary N) is 1. The van der Waals surface area contributed by atoms with Gasteiger partial charge < -0.3 is 4.74 Å². The fraction of sp³-hybridized carbons (Fsp3) is 0.625. The van der Waals surface area contributed by atoms with Crippen molar-refractivity contribution in [1.29, 1.82) is 0 Å². The molecule has 3 N–H and O–H groups in total. The van der Waals surface area contributed by atoms with E-state index in [9.17, 15) is 0 Å². The highest BCUT2D eigenvalue weighted by Gasteiger charge is 2.42.